The molecule has 3 aromatic carbocycles. The van der Waals surface area contributed by atoms with Crippen molar-refractivity contribution < 1.29 is 13.0 Å². The standard InChI is InChI=1S/C20H28N.C7H8O3S/c1-14(2)10-12-17-15(3)21(4,5)19-13-11-16-8-6-7-9-18(16)20(17)19;1-6-2-4-7(5-3-6)11(8,9)10/h6-9,11,13-15,17H,10,12H2,1-5H3;2-5H,1H3,(H,8,9,10)/q+1;/p-1. The molecule has 1 aliphatic heterocycles. The van der Waals surface area contributed by atoms with Gasteiger partial charge in [-0.15, -0.1) is 0 Å². The van der Waals surface area contributed by atoms with Gasteiger partial charge in [-0.1, -0.05) is 62.2 Å². The van der Waals surface area contributed by atoms with E-state index >= 15 is 0 Å². The highest BCUT2D eigenvalue weighted by Gasteiger charge is 2.45. The zero-order valence-corrected chi connectivity index (χ0v) is 20.8. The van der Waals surface area contributed by atoms with Gasteiger partial charge in [0.15, 0.2) is 0 Å². The normalized spacial score (nSPS) is 19.5. The molecule has 2 atom stereocenters. The molecule has 0 saturated heterocycles. The molecule has 0 spiro atoms. The maximum absolute atomic E-state index is 10.4. The van der Waals surface area contributed by atoms with Crippen LogP contribution in [-0.2, 0) is 10.1 Å². The van der Waals surface area contributed by atoms with Crippen LogP contribution < -0.4 is 4.48 Å². The molecule has 5 heteroatoms. The highest BCUT2D eigenvalue weighted by Crippen LogP contribution is 2.49. The second kappa shape index (κ2) is 9.34. The van der Waals surface area contributed by atoms with Crippen LogP contribution >= 0.6 is 0 Å². The number of rotatable bonds is 4. The topological polar surface area (TPSA) is 57.2 Å². The first-order valence-electron chi connectivity index (χ1n) is 11.3. The largest absolute Gasteiger partial charge is 0.744 e. The van der Waals surface area contributed by atoms with Crippen molar-refractivity contribution in [1.29, 1.82) is 0 Å². The Hall–Kier alpha value is -2.21. The molecule has 0 radical (unpaired) electrons. The van der Waals surface area contributed by atoms with E-state index in [9.17, 15) is 13.0 Å². The summed E-state index contributed by atoms with van der Waals surface area (Å²) in [4.78, 5) is -0.178. The van der Waals surface area contributed by atoms with Gasteiger partial charge in [0.05, 0.1) is 25.0 Å². The minimum atomic E-state index is -4.27. The lowest BCUT2D eigenvalue weighted by molar-refractivity contribution is 0.290. The first-order valence-corrected chi connectivity index (χ1v) is 12.7. The SMILES string of the molecule is CC(C)CCC1c2c(ccc3ccccc23)[N+](C)(C)C1C.Cc1ccc(S(=O)(=O)[O-])cc1. The van der Waals surface area contributed by atoms with Crippen LogP contribution in [0.25, 0.3) is 10.8 Å². The van der Waals surface area contributed by atoms with E-state index in [1.807, 2.05) is 6.92 Å². The van der Waals surface area contributed by atoms with E-state index in [0.29, 0.717) is 12.0 Å². The van der Waals surface area contributed by atoms with Gasteiger partial charge in [0.2, 0.25) is 0 Å². The molecule has 4 rings (SSSR count). The number of fused-ring (bicyclic) bond motifs is 3. The number of likely N-dealkylation sites (N-methyl/N-ethyl adjacent to an activating group) is 1. The maximum Gasteiger partial charge on any atom is 0.137 e. The van der Waals surface area contributed by atoms with Gasteiger partial charge in [-0.25, -0.2) is 8.42 Å². The minimum absolute atomic E-state index is 0.178. The van der Waals surface area contributed by atoms with E-state index in [4.69, 9.17) is 0 Å². The van der Waals surface area contributed by atoms with Gasteiger partial charge in [0, 0.05) is 17.5 Å². The van der Waals surface area contributed by atoms with Crippen LogP contribution in [0, 0.1) is 12.8 Å². The van der Waals surface area contributed by atoms with Crippen LogP contribution in [0.4, 0.5) is 5.69 Å². The summed E-state index contributed by atoms with van der Waals surface area (Å²) in [5.74, 6) is 1.47. The molecule has 172 valence electrons. The van der Waals surface area contributed by atoms with Crippen LogP contribution in [0.3, 0.4) is 0 Å². The van der Waals surface area contributed by atoms with E-state index in [1.165, 1.54) is 41.4 Å². The fourth-order valence-corrected chi connectivity index (χ4v) is 5.16. The monoisotopic (exact) mass is 453 g/mol. The average molecular weight is 454 g/mol. The van der Waals surface area contributed by atoms with Crippen LogP contribution in [0.5, 0.6) is 0 Å². The molecule has 0 fully saturated rings. The number of nitrogens with zero attached hydrogens (tertiary/aromatic N) is 1. The molecule has 4 nitrogen and oxygen atoms in total. The quantitative estimate of drug-likeness (QED) is 0.348. The van der Waals surface area contributed by atoms with Crippen molar-refractivity contribution in [3.8, 4) is 0 Å². The van der Waals surface area contributed by atoms with Crippen molar-refractivity contribution in [2.75, 3.05) is 14.1 Å². The summed E-state index contributed by atoms with van der Waals surface area (Å²) in [6, 6.07) is 20.0. The fraction of sp³-hybridized carbons (Fsp3) is 0.407. The van der Waals surface area contributed by atoms with Gasteiger partial charge in [-0.2, -0.15) is 0 Å². The molecule has 0 amide bonds. The highest BCUT2D eigenvalue weighted by atomic mass is 32.2. The van der Waals surface area contributed by atoms with Gasteiger partial charge in [-0.3, -0.25) is 4.48 Å². The van der Waals surface area contributed by atoms with Crippen molar-refractivity contribution in [3.63, 3.8) is 0 Å². The van der Waals surface area contributed by atoms with Gasteiger partial charge >= 0.3 is 0 Å². The van der Waals surface area contributed by atoms with Crippen molar-refractivity contribution in [3.05, 3.63) is 71.8 Å². The molecule has 0 N–H and O–H groups in total. The predicted octanol–water partition coefficient (Wildman–Crippen LogP) is 6.23. The number of hydrogen-bond donors (Lipinski definition) is 0. The molecule has 2 unspecified atom stereocenters. The van der Waals surface area contributed by atoms with Gasteiger partial charge in [0.1, 0.15) is 15.8 Å². The predicted molar refractivity (Wildman–Crippen MR) is 133 cm³/mol. The van der Waals surface area contributed by atoms with E-state index in [2.05, 4.69) is 71.3 Å². The molecule has 0 aromatic heterocycles. The number of benzene rings is 3. The lowest BCUT2D eigenvalue weighted by atomic mass is 9.86. The fourth-order valence-electron chi connectivity index (χ4n) is 4.69. The Morgan fingerprint density at radius 2 is 1.59 bits per heavy atom. The minimum Gasteiger partial charge on any atom is -0.744 e. The Bertz CT molecular complexity index is 1180. The number of aryl methyl sites for hydroxylation is 1. The summed E-state index contributed by atoms with van der Waals surface area (Å²) in [5.41, 5.74) is 4.07. The Kier molecular flexibility index (Phi) is 7.13. The summed E-state index contributed by atoms with van der Waals surface area (Å²) < 4.78 is 32.2. The lowest BCUT2D eigenvalue weighted by Gasteiger charge is -2.31. The van der Waals surface area contributed by atoms with Crippen LogP contribution in [-0.4, -0.2) is 33.1 Å². The summed E-state index contributed by atoms with van der Waals surface area (Å²) in [7, 11) is 0.468. The van der Waals surface area contributed by atoms with Gasteiger partial charge in [-0.05, 0) is 55.2 Å². The molecule has 0 aliphatic carbocycles. The van der Waals surface area contributed by atoms with Crippen LogP contribution in [0.1, 0.15) is 50.7 Å². The van der Waals surface area contributed by atoms with Crippen molar-refractivity contribution in [1.82, 2.24) is 4.48 Å². The zero-order valence-electron chi connectivity index (χ0n) is 20.0. The Morgan fingerprint density at radius 3 is 2.19 bits per heavy atom. The van der Waals surface area contributed by atoms with Crippen molar-refractivity contribution >= 4 is 26.6 Å². The molecule has 1 aliphatic rings. The third-order valence-electron chi connectivity index (χ3n) is 6.90. The molecule has 0 bridgehead atoms. The third kappa shape index (κ3) is 5.06. The lowest BCUT2D eigenvalue weighted by Crippen LogP contribution is -2.46. The second-order valence-electron chi connectivity index (χ2n) is 9.84. The Labute approximate surface area is 193 Å². The number of quaternary nitrogens is 1. The van der Waals surface area contributed by atoms with Crippen molar-refractivity contribution in [2.24, 2.45) is 5.92 Å². The van der Waals surface area contributed by atoms with E-state index in [1.54, 1.807) is 17.7 Å². The molecule has 3 aromatic rings. The van der Waals surface area contributed by atoms with Gasteiger partial charge < -0.3 is 4.55 Å². The van der Waals surface area contributed by atoms with E-state index in [-0.39, 0.29) is 4.90 Å². The molecule has 32 heavy (non-hydrogen) atoms. The molecule has 0 saturated carbocycles. The summed E-state index contributed by atoms with van der Waals surface area (Å²) in [6.45, 7) is 8.92. The summed E-state index contributed by atoms with van der Waals surface area (Å²) in [6.07, 6.45) is 2.62. The summed E-state index contributed by atoms with van der Waals surface area (Å²) >= 11 is 0. The first kappa shape index (κ1) is 24.4. The van der Waals surface area contributed by atoms with Crippen molar-refractivity contribution in [2.45, 2.75) is 57.4 Å². The van der Waals surface area contributed by atoms with Gasteiger partial charge in [0.25, 0.3) is 0 Å². The van der Waals surface area contributed by atoms with E-state index in [0.717, 1.165) is 16.0 Å². The molecular weight excluding hydrogens is 418 g/mol. The zero-order chi connectivity index (χ0) is 23.7. The molecule has 1 heterocycles. The van der Waals surface area contributed by atoms with Crippen LogP contribution in [0.2, 0.25) is 0 Å². The Morgan fingerprint density at radius 1 is 0.969 bits per heavy atom. The second-order valence-corrected chi connectivity index (χ2v) is 11.2. The summed E-state index contributed by atoms with van der Waals surface area (Å²) in [5, 5.41) is 2.86. The van der Waals surface area contributed by atoms with E-state index < -0.39 is 10.1 Å². The molecular formula is C27H35NO3S. The highest BCUT2D eigenvalue weighted by molar-refractivity contribution is 7.85. The average Bonchev–Trinajstić information content (AvgIpc) is 2.92. The number of hydrogen-bond acceptors (Lipinski definition) is 3. The van der Waals surface area contributed by atoms with Crippen LogP contribution in [0.15, 0.2) is 65.6 Å². The first-order chi connectivity index (χ1) is 14.9. The maximum atomic E-state index is 10.4. The smallest absolute Gasteiger partial charge is 0.137 e. The Balaban J connectivity index is 0.000000222. The third-order valence-corrected chi connectivity index (χ3v) is 7.75.